The fourth-order valence-electron chi connectivity index (χ4n) is 5.03. The molecule has 26 heavy (non-hydrogen) atoms. The maximum atomic E-state index is 13.8. The molecule has 5 rings (SSSR count). The minimum atomic E-state index is -1.08. The normalized spacial score (nSPS) is 21.5. The Morgan fingerprint density at radius 2 is 1.38 bits per heavy atom. The quantitative estimate of drug-likeness (QED) is 0.803. The lowest BCUT2D eigenvalue weighted by atomic mass is 9.80. The number of benzene rings is 2. The molecule has 2 fully saturated rings. The highest BCUT2D eigenvalue weighted by Gasteiger charge is 2.57. The van der Waals surface area contributed by atoms with Crippen molar-refractivity contribution in [3.63, 3.8) is 0 Å². The van der Waals surface area contributed by atoms with Gasteiger partial charge in [-0.05, 0) is 47.9 Å². The van der Waals surface area contributed by atoms with Crippen LogP contribution in [0.1, 0.15) is 47.9 Å². The molecule has 0 aromatic heterocycles. The van der Waals surface area contributed by atoms with Crippen LogP contribution in [0.3, 0.4) is 0 Å². The third-order valence-electron chi connectivity index (χ3n) is 6.25. The molecule has 1 aliphatic heterocycles. The number of hydrogen-bond donors (Lipinski definition) is 1. The average molecular weight is 346 g/mol. The van der Waals surface area contributed by atoms with Gasteiger partial charge in [0.1, 0.15) is 0 Å². The number of urea groups is 1. The predicted octanol–water partition coefficient (Wildman–Crippen LogP) is 3.52. The summed E-state index contributed by atoms with van der Waals surface area (Å²) in [5.74, 6) is -0.101. The maximum absolute atomic E-state index is 13.8. The van der Waals surface area contributed by atoms with Crippen LogP contribution >= 0.6 is 0 Å². The second-order valence-electron chi connectivity index (χ2n) is 7.61. The molecule has 0 bridgehead atoms. The first-order valence-corrected chi connectivity index (χ1v) is 9.54. The van der Waals surface area contributed by atoms with Crippen LogP contribution < -0.4 is 5.32 Å². The van der Waals surface area contributed by atoms with E-state index >= 15 is 0 Å². The Morgan fingerprint density at radius 3 is 1.96 bits per heavy atom. The van der Waals surface area contributed by atoms with E-state index in [9.17, 15) is 9.59 Å². The van der Waals surface area contributed by atoms with Gasteiger partial charge in [0, 0.05) is 6.04 Å². The number of nitrogens with zero attached hydrogens (tertiary/aromatic N) is 1. The molecule has 132 valence electrons. The molecule has 2 aromatic carbocycles. The van der Waals surface area contributed by atoms with Gasteiger partial charge < -0.3 is 5.32 Å². The fourth-order valence-corrected chi connectivity index (χ4v) is 5.03. The molecule has 1 saturated carbocycles. The van der Waals surface area contributed by atoms with Gasteiger partial charge in [0.05, 0.1) is 0 Å². The van der Waals surface area contributed by atoms with Gasteiger partial charge in [-0.15, -0.1) is 0 Å². The van der Waals surface area contributed by atoms with Gasteiger partial charge in [-0.1, -0.05) is 61.4 Å². The standard InChI is InChI=1S/C22H22N2O2/c25-20-22(23-21(26)24(20)17-9-3-4-10-17)18-11-5-1-7-15(18)13-14-16-8-2-6-12-19(16)22/h1-2,5-8,11-12,17H,3-4,9-10,13-14H2,(H,23,26). The van der Waals surface area contributed by atoms with E-state index in [1.165, 1.54) is 4.90 Å². The topological polar surface area (TPSA) is 49.4 Å². The largest absolute Gasteiger partial charge is 0.325 e. The molecule has 4 heteroatoms. The Hall–Kier alpha value is -2.62. The Labute approximate surface area is 153 Å². The number of hydrogen-bond acceptors (Lipinski definition) is 2. The highest BCUT2D eigenvalue weighted by molar-refractivity contribution is 6.10. The number of nitrogens with one attached hydrogen (secondary N) is 1. The number of amides is 3. The number of fused-ring (bicyclic) bond motifs is 4. The molecule has 2 aliphatic carbocycles. The molecule has 1 spiro atoms. The lowest BCUT2D eigenvalue weighted by molar-refractivity contribution is -0.131. The van der Waals surface area contributed by atoms with Crippen LogP contribution in [0.25, 0.3) is 0 Å². The molecular formula is C22H22N2O2. The molecule has 2 aromatic rings. The highest BCUT2D eigenvalue weighted by Crippen LogP contribution is 2.43. The number of aryl methyl sites for hydroxylation is 2. The van der Waals surface area contributed by atoms with E-state index in [1.807, 2.05) is 36.4 Å². The van der Waals surface area contributed by atoms with Crippen molar-refractivity contribution < 1.29 is 9.59 Å². The Morgan fingerprint density at radius 1 is 0.846 bits per heavy atom. The summed E-state index contributed by atoms with van der Waals surface area (Å²) in [5, 5.41) is 3.14. The van der Waals surface area contributed by atoms with Crippen LogP contribution in [0.5, 0.6) is 0 Å². The van der Waals surface area contributed by atoms with Crippen LogP contribution in [0, 0.1) is 0 Å². The fraction of sp³-hybridized carbons (Fsp3) is 0.364. The molecule has 0 atom stereocenters. The van der Waals surface area contributed by atoms with Gasteiger partial charge in [0.2, 0.25) is 0 Å². The molecular weight excluding hydrogens is 324 g/mol. The summed E-state index contributed by atoms with van der Waals surface area (Å²) in [6, 6.07) is 15.9. The first-order chi connectivity index (χ1) is 12.7. The molecule has 4 nitrogen and oxygen atoms in total. The predicted molar refractivity (Wildman–Crippen MR) is 98.7 cm³/mol. The van der Waals surface area contributed by atoms with Gasteiger partial charge in [-0.25, -0.2) is 4.79 Å². The number of rotatable bonds is 1. The molecule has 0 unspecified atom stereocenters. The number of carbonyl (C=O) groups excluding carboxylic acids is 2. The molecule has 1 N–H and O–H groups in total. The van der Waals surface area contributed by atoms with Crippen LogP contribution in [-0.2, 0) is 23.2 Å². The van der Waals surface area contributed by atoms with Crippen LogP contribution in [0.15, 0.2) is 48.5 Å². The van der Waals surface area contributed by atoms with Crippen LogP contribution in [-0.4, -0.2) is 22.9 Å². The smallest absolute Gasteiger partial charge is 0.315 e. The minimum absolute atomic E-state index is 0.0319. The van der Waals surface area contributed by atoms with Crippen LogP contribution in [0.4, 0.5) is 4.79 Å². The van der Waals surface area contributed by atoms with Gasteiger partial charge in [-0.3, -0.25) is 9.69 Å². The van der Waals surface area contributed by atoms with Crippen molar-refractivity contribution in [1.29, 1.82) is 0 Å². The monoisotopic (exact) mass is 346 g/mol. The van der Waals surface area contributed by atoms with Crippen molar-refractivity contribution in [3.8, 4) is 0 Å². The van der Waals surface area contributed by atoms with Crippen molar-refractivity contribution in [2.75, 3.05) is 0 Å². The Bertz CT molecular complexity index is 851. The van der Waals surface area contributed by atoms with Gasteiger partial charge in [0.15, 0.2) is 5.54 Å². The third-order valence-corrected chi connectivity index (χ3v) is 6.25. The van der Waals surface area contributed by atoms with Gasteiger partial charge >= 0.3 is 6.03 Å². The molecule has 1 heterocycles. The molecule has 0 radical (unpaired) electrons. The zero-order chi connectivity index (χ0) is 17.7. The van der Waals surface area contributed by atoms with Gasteiger partial charge in [-0.2, -0.15) is 0 Å². The van der Waals surface area contributed by atoms with E-state index in [1.54, 1.807) is 0 Å². The number of imide groups is 1. The summed E-state index contributed by atoms with van der Waals surface area (Å²) < 4.78 is 0. The third kappa shape index (κ3) is 2.02. The van der Waals surface area contributed by atoms with Crippen molar-refractivity contribution >= 4 is 11.9 Å². The first kappa shape index (κ1) is 15.6. The highest BCUT2D eigenvalue weighted by atomic mass is 16.2. The van der Waals surface area contributed by atoms with Crippen molar-refractivity contribution in [1.82, 2.24) is 10.2 Å². The van der Waals surface area contributed by atoms with Crippen molar-refractivity contribution in [3.05, 3.63) is 70.8 Å². The van der Waals surface area contributed by atoms with E-state index in [0.29, 0.717) is 0 Å². The minimum Gasteiger partial charge on any atom is -0.315 e. The Kier molecular flexibility index (Phi) is 3.42. The van der Waals surface area contributed by atoms with E-state index in [0.717, 1.165) is 60.8 Å². The SMILES string of the molecule is O=C1NC2(C(=O)N1C1CCCC1)c1ccccc1CCc1ccccc12. The lowest BCUT2D eigenvalue weighted by Gasteiger charge is -2.30. The second-order valence-corrected chi connectivity index (χ2v) is 7.61. The van der Waals surface area contributed by atoms with E-state index in [4.69, 9.17) is 0 Å². The zero-order valence-corrected chi connectivity index (χ0v) is 14.7. The molecule has 3 amide bonds. The van der Waals surface area contributed by atoms with Crippen molar-refractivity contribution in [2.45, 2.75) is 50.1 Å². The van der Waals surface area contributed by atoms with Crippen LogP contribution in [0.2, 0.25) is 0 Å². The summed E-state index contributed by atoms with van der Waals surface area (Å²) >= 11 is 0. The summed E-state index contributed by atoms with van der Waals surface area (Å²) in [5.41, 5.74) is 3.08. The maximum Gasteiger partial charge on any atom is 0.325 e. The van der Waals surface area contributed by atoms with E-state index in [-0.39, 0.29) is 18.0 Å². The first-order valence-electron chi connectivity index (χ1n) is 9.54. The van der Waals surface area contributed by atoms with Crippen molar-refractivity contribution in [2.24, 2.45) is 0 Å². The molecule has 3 aliphatic rings. The van der Waals surface area contributed by atoms with Gasteiger partial charge in [0.25, 0.3) is 5.91 Å². The lowest BCUT2D eigenvalue weighted by Crippen LogP contribution is -2.46. The summed E-state index contributed by atoms with van der Waals surface area (Å²) in [4.78, 5) is 28.3. The van der Waals surface area contributed by atoms with E-state index < -0.39 is 5.54 Å². The Balaban J connectivity index is 1.75. The van der Waals surface area contributed by atoms with E-state index in [2.05, 4.69) is 17.4 Å². The zero-order valence-electron chi connectivity index (χ0n) is 14.7. The summed E-state index contributed by atoms with van der Waals surface area (Å²) in [6.07, 6.45) is 5.75. The second kappa shape index (κ2) is 5.70. The summed E-state index contributed by atoms with van der Waals surface area (Å²) in [6.45, 7) is 0. The molecule has 1 saturated heterocycles. The number of carbonyl (C=O) groups is 2. The average Bonchev–Trinajstić information content (AvgIpc) is 3.23. The summed E-state index contributed by atoms with van der Waals surface area (Å²) in [7, 11) is 0.